The molecule has 0 saturated heterocycles. The molecule has 4 rings (SSSR count). The third kappa shape index (κ3) is 3.76. The van der Waals surface area contributed by atoms with E-state index in [4.69, 9.17) is 10.5 Å². The Morgan fingerprint density at radius 2 is 1.58 bits per heavy atom. The number of hydrogen-bond donors (Lipinski definition) is 2. The molecule has 31 heavy (non-hydrogen) atoms. The molecule has 7 heteroatoms. The Bertz CT molecular complexity index is 1210. The lowest BCUT2D eigenvalue weighted by atomic mass is 9.95. The number of ether oxygens (including phenoxy) is 2. The van der Waals surface area contributed by atoms with Crippen molar-refractivity contribution in [1.29, 1.82) is 0 Å². The Balaban J connectivity index is 1.71. The first-order valence-electron chi connectivity index (χ1n) is 9.40. The van der Waals surface area contributed by atoms with E-state index in [1.54, 1.807) is 18.2 Å². The maximum absolute atomic E-state index is 13.1. The standard InChI is InChI=1S/C24H18N2O5/c1-30-23(28)15-12-10-14(11-13-15)20(25)19-21(27)17-8-5-9-18(22(17)31-24(19)29)26-16-6-3-2-4-7-16/h2-13,26H,25H2,1H3/b20-19-. The van der Waals surface area contributed by atoms with Gasteiger partial charge in [-0.1, -0.05) is 36.4 Å². The van der Waals surface area contributed by atoms with Crippen molar-refractivity contribution in [2.75, 3.05) is 12.4 Å². The predicted molar refractivity (Wildman–Crippen MR) is 115 cm³/mol. The molecule has 1 aliphatic heterocycles. The lowest BCUT2D eigenvalue weighted by Gasteiger charge is -2.21. The summed E-state index contributed by atoms with van der Waals surface area (Å²) in [6.07, 6.45) is 0. The van der Waals surface area contributed by atoms with Crippen LogP contribution in [0.4, 0.5) is 11.4 Å². The summed E-state index contributed by atoms with van der Waals surface area (Å²) in [6, 6.07) is 20.4. The highest BCUT2D eigenvalue weighted by Crippen LogP contribution is 2.37. The van der Waals surface area contributed by atoms with Crippen molar-refractivity contribution in [1.82, 2.24) is 0 Å². The molecule has 3 aromatic rings. The molecule has 3 aromatic carbocycles. The van der Waals surface area contributed by atoms with Crippen LogP contribution in [0.5, 0.6) is 5.75 Å². The van der Waals surface area contributed by atoms with E-state index in [2.05, 4.69) is 10.1 Å². The number of nitrogens with two attached hydrogens (primary N) is 1. The van der Waals surface area contributed by atoms with Crippen molar-refractivity contribution in [3.8, 4) is 5.75 Å². The fraction of sp³-hybridized carbons (Fsp3) is 0.0417. The second-order valence-electron chi connectivity index (χ2n) is 6.75. The minimum absolute atomic E-state index is 0.0292. The van der Waals surface area contributed by atoms with Crippen molar-refractivity contribution in [3.05, 3.63) is 95.1 Å². The molecule has 7 nitrogen and oxygen atoms in total. The van der Waals surface area contributed by atoms with E-state index in [9.17, 15) is 14.4 Å². The Morgan fingerprint density at radius 3 is 2.26 bits per heavy atom. The number of hydrogen-bond acceptors (Lipinski definition) is 7. The first-order chi connectivity index (χ1) is 15.0. The summed E-state index contributed by atoms with van der Waals surface area (Å²) in [7, 11) is 1.28. The molecule has 0 aromatic heterocycles. The number of methoxy groups -OCH3 is 1. The molecule has 0 bridgehead atoms. The molecule has 0 amide bonds. The van der Waals surface area contributed by atoms with Crippen LogP contribution in [0.15, 0.2) is 78.4 Å². The first kappa shape index (κ1) is 19.9. The quantitative estimate of drug-likeness (QED) is 0.290. The van der Waals surface area contributed by atoms with E-state index in [1.807, 2.05) is 30.3 Å². The van der Waals surface area contributed by atoms with Crippen molar-refractivity contribution < 1.29 is 23.9 Å². The van der Waals surface area contributed by atoms with Gasteiger partial charge in [-0.05, 0) is 42.0 Å². The maximum Gasteiger partial charge on any atom is 0.349 e. The third-order valence-electron chi connectivity index (χ3n) is 4.82. The molecule has 0 fully saturated rings. The fourth-order valence-electron chi connectivity index (χ4n) is 3.25. The van der Waals surface area contributed by atoms with E-state index >= 15 is 0 Å². The van der Waals surface area contributed by atoms with Gasteiger partial charge in [0.15, 0.2) is 5.75 Å². The number of fused-ring (bicyclic) bond motifs is 1. The van der Waals surface area contributed by atoms with Crippen LogP contribution in [0.2, 0.25) is 0 Å². The van der Waals surface area contributed by atoms with Gasteiger partial charge < -0.3 is 20.5 Å². The van der Waals surface area contributed by atoms with Gasteiger partial charge in [0.1, 0.15) is 5.57 Å². The molecular formula is C24H18N2O5. The van der Waals surface area contributed by atoms with Gasteiger partial charge in [0.2, 0.25) is 5.78 Å². The summed E-state index contributed by atoms with van der Waals surface area (Å²) in [5.41, 5.74) is 8.11. The normalized spacial score (nSPS) is 14.4. The molecule has 1 heterocycles. The highest BCUT2D eigenvalue weighted by atomic mass is 16.5. The molecule has 0 atom stereocenters. The number of carbonyl (C=O) groups excluding carboxylic acids is 3. The van der Waals surface area contributed by atoms with Gasteiger partial charge in [0, 0.05) is 5.69 Å². The highest BCUT2D eigenvalue weighted by molar-refractivity contribution is 6.32. The number of rotatable bonds is 4. The zero-order chi connectivity index (χ0) is 22.0. The number of nitrogens with one attached hydrogen (secondary N) is 1. The van der Waals surface area contributed by atoms with Gasteiger partial charge in [-0.15, -0.1) is 0 Å². The van der Waals surface area contributed by atoms with E-state index in [0.29, 0.717) is 16.8 Å². The van der Waals surface area contributed by atoms with E-state index in [0.717, 1.165) is 5.69 Å². The van der Waals surface area contributed by atoms with Crippen molar-refractivity contribution >= 4 is 34.8 Å². The van der Waals surface area contributed by atoms with Crippen LogP contribution in [-0.2, 0) is 9.53 Å². The second-order valence-corrected chi connectivity index (χ2v) is 6.75. The summed E-state index contributed by atoms with van der Waals surface area (Å²) in [4.78, 5) is 37.5. The van der Waals surface area contributed by atoms with Crippen LogP contribution in [0.25, 0.3) is 5.70 Å². The topological polar surface area (TPSA) is 108 Å². The number of ketones is 1. The molecule has 3 N–H and O–H groups in total. The Hall–Kier alpha value is -4.39. The summed E-state index contributed by atoms with van der Waals surface area (Å²) < 4.78 is 10.2. The van der Waals surface area contributed by atoms with Gasteiger partial charge >= 0.3 is 11.9 Å². The number of esters is 2. The smallest absolute Gasteiger partial charge is 0.349 e. The summed E-state index contributed by atoms with van der Waals surface area (Å²) >= 11 is 0. The lowest BCUT2D eigenvalue weighted by molar-refractivity contribution is -0.130. The van der Waals surface area contributed by atoms with Crippen molar-refractivity contribution in [3.63, 3.8) is 0 Å². The number of benzene rings is 3. The monoisotopic (exact) mass is 414 g/mol. The molecule has 1 aliphatic rings. The highest BCUT2D eigenvalue weighted by Gasteiger charge is 2.35. The number of para-hydroxylation sites is 2. The fourth-order valence-corrected chi connectivity index (χ4v) is 3.25. The number of anilines is 2. The van der Waals surface area contributed by atoms with Crippen LogP contribution in [0.3, 0.4) is 0 Å². The minimum atomic E-state index is -0.839. The maximum atomic E-state index is 13.1. The van der Waals surface area contributed by atoms with Crippen LogP contribution >= 0.6 is 0 Å². The molecule has 0 unspecified atom stereocenters. The van der Waals surface area contributed by atoms with Crippen molar-refractivity contribution in [2.45, 2.75) is 0 Å². The summed E-state index contributed by atoms with van der Waals surface area (Å²) in [5, 5.41) is 3.15. The van der Waals surface area contributed by atoms with E-state index < -0.39 is 17.7 Å². The summed E-state index contributed by atoms with van der Waals surface area (Å²) in [6.45, 7) is 0. The number of Topliss-reactive ketones (excluding diaryl/α,β-unsaturated/α-hetero) is 1. The average Bonchev–Trinajstić information content (AvgIpc) is 2.80. The number of carbonyl (C=O) groups is 3. The van der Waals surface area contributed by atoms with E-state index in [1.165, 1.54) is 31.4 Å². The van der Waals surface area contributed by atoms with Gasteiger partial charge in [-0.25, -0.2) is 9.59 Å². The Labute approximate surface area is 178 Å². The zero-order valence-electron chi connectivity index (χ0n) is 16.5. The predicted octanol–water partition coefficient (Wildman–Crippen LogP) is 3.69. The summed E-state index contributed by atoms with van der Waals surface area (Å²) in [5.74, 6) is -1.72. The SMILES string of the molecule is COC(=O)c1ccc(/C(N)=C2/C(=O)Oc3c(Nc4ccccc4)cccc3C2=O)cc1. The Kier molecular flexibility index (Phi) is 5.24. The molecule has 0 radical (unpaired) electrons. The van der Waals surface area contributed by atoms with Crippen LogP contribution in [0.1, 0.15) is 26.3 Å². The average molecular weight is 414 g/mol. The molecule has 0 saturated carbocycles. The lowest BCUT2D eigenvalue weighted by Crippen LogP contribution is -2.28. The van der Waals surface area contributed by atoms with Crippen LogP contribution < -0.4 is 15.8 Å². The van der Waals surface area contributed by atoms with Crippen LogP contribution in [-0.4, -0.2) is 24.8 Å². The molecule has 0 spiro atoms. The zero-order valence-corrected chi connectivity index (χ0v) is 16.5. The first-order valence-corrected chi connectivity index (χ1v) is 9.40. The largest absolute Gasteiger partial charge is 0.465 e. The molecule has 154 valence electrons. The third-order valence-corrected chi connectivity index (χ3v) is 4.82. The van der Waals surface area contributed by atoms with Crippen LogP contribution in [0, 0.1) is 0 Å². The van der Waals surface area contributed by atoms with Crippen molar-refractivity contribution in [2.24, 2.45) is 5.73 Å². The van der Waals surface area contributed by atoms with Gasteiger partial charge in [0.05, 0.1) is 29.6 Å². The minimum Gasteiger partial charge on any atom is -0.465 e. The molecule has 0 aliphatic carbocycles. The van der Waals surface area contributed by atoms with Gasteiger partial charge in [-0.2, -0.15) is 0 Å². The van der Waals surface area contributed by atoms with E-state index in [-0.39, 0.29) is 22.6 Å². The Morgan fingerprint density at radius 1 is 0.903 bits per heavy atom. The second kappa shape index (κ2) is 8.16. The molecular weight excluding hydrogens is 396 g/mol. The van der Waals surface area contributed by atoms with Gasteiger partial charge in [0.25, 0.3) is 0 Å². The van der Waals surface area contributed by atoms with Gasteiger partial charge in [-0.3, -0.25) is 4.79 Å².